The van der Waals surface area contributed by atoms with Gasteiger partial charge in [0.05, 0.1) is 5.71 Å². The number of halogens is 1. The topological polar surface area (TPSA) is 43.1 Å². The van der Waals surface area contributed by atoms with E-state index in [0.29, 0.717) is 10.9 Å². The summed E-state index contributed by atoms with van der Waals surface area (Å²) in [7, 11) is 0. The molecule has 0 aliphatic carbocycles. The van der Waals surface area contributed by atoms with E-state index in [0.717, 1.165) is 52.8 Å². The van der Waals surface area contributed by atoms with E-state index in [9.17, 15) is 0 Å². The van der Waals surface area contributed by atoms with Crippen molar-refractivity contribution in [1.82, 2.24) is 14.8 Å². The van der Waals surface area contributed by atoms with E-state index in [1.807, 2.05) is 29.5 Å². The highest BCUT2D eigenvalue weighted by Crippen LogP contribution is 2.39. The van der Waals surface area contributed by atoms with Crippen LogP contribution in [0, 0.1) is 5.92 Å². The van der Waals surface area contributed by atoms with Crippen LogP contribution in [0.15, 0.2) is 59.6 Å². The molecule has 192 valence electrons. The van der Waals surface area contributed by atoms with E-state index in [-0.39, 0.29) is 11.5 Å². The number of hydrogen-bond acceptors (Lipinski definition) is 4. The van der Waals surface area contributed by atoms with Crippen molar-refractivity contribution in [2.45, 2.75) is 72.3 Å². The number of thiophene rings is 1. The van der Waals surface area contributed by atoms with E-state index in [1.165, 1.54) is 16.0 Å². The Bertz CT molecular complexity index is 1440. The molecule has 0 fully saturated rings. The van der Waals surface area contributed by atoms with Crippen LogP contribution in [0.25, 0.3) is 5.00 Å². The molecular weight excluding hydrogens is 496 g/mol. The van der Waals surface area contributed by atoms with Crippen molar-refractivity contribution in [3.8, 4) is 5.00 Å². The molecule has 4 nitrogen and oxygen atoms in total. The number of aryl methyl sites for hydroxylation is 2. The normalized spacial score (nSPS) is 15.4. The van der Waals surface area contributed by atoms with Crippen molar-refractivity contribution in [2.24, 2.45) is 10.9 Å². The van der Waals surface area contributed by atoms with Gasteiger partial charge in [0.1, 0.15) is 16.9 Å². The monoisotopic (exact) mass is 530 g/mol. The molecule has 0 saturated carbocycles. The maximum absolute atomic E-state index is 6.69. The van der Waals surface area contributed by atoms with Crippen molar-refractivity contribution in [3.63, 3.8) is 0 Å². The molecule has 37 heavy (non-hydrogen) atoms. The lowest BCUT2D eigenvalue weighted by molar-refractivity contribution is 0.531. The first-order valence-electron chi connectivity index (χ1n) is 13.1. The van der Waals surface area contributed by atoms with Gasteiger partial charge in [-0.25, -0.2) is 0 Å². The van der Waals surface area contributed by atoms with Gasteiger partial charge in [0.2, 0.25) is 0 Å². The lowest BCUT2D eigenvalue weighted by atomic mass is 9.95. The highest BCUT2D eigenvalue weighted by molar-refractivity contribution is 7.15. The maximum atomic E-state index is 6.69. The minimum absolute atomic E-state index is 0.137. The summed E-state index contributed by atoms with van der Waals surface area (Å²) in [5, 5.41) is 11.1. The summed E-state index contributed by atoms with van der Waals surface area (Å²) in [4.78, 5) is 6.49. The van der Waals surface area contributed by atoms with E-state index >= 15 is 0 Å². The van der Waals surface area contributed by atoms with Crippen molar-refractivity contribution >= 4 is 28.6 Å². The van der Waals surface area contributed by atoms with Gasteiger partial charge >= 0.3 is 0 Å². The molecule has 0 amide bonds. The zero-order valence-corrected chi connectivity index (χ0v) is 24.1. The Morgan fingerprint density at radius 1 is 0.946 bits per heavy atom. The third-order valence-electron chi connectivity index (χ3n) is 6.73. The van der Waals surface area contributed by atoms with E-state index in [1.54, 1.807) is 0 Å². The molecule has 1 atom stereocenters. The van der Waals surface area contributed by atoms with Crippen LogP contribution in [0.3, 0.4) is 0 Å². The van der Waals surface area contributed by atoms with Crippen molar-refractivity contribution < 1.29 is 0 Å². The summed E-state index contributed by atoms with van der Waals surface area (Å²) in [6, 6.07) is 19.3. The van der Waals surface area contributed by atoms with Crippen molar-refractivity contribution in [1.29, 1.82) is 0 Å². The Morgan fingerprint density at radius 2 is 1.65 bits per heavy atom. The number of nitrogens with zero attached hydrogens (tertiary/aromatic N) is 4. The fourth-order valence-electron chi connectivity index (χ4n) is 4.91. The van der Waals surface area contributed by atoms with Crippen LogP contribution >= 0.6 is 22.9 Å². The van der Waals surface area contributed by atoms with Gasteiger partial charge in [-0.2, -0.15) is 0 Å². The van der Waals surface area contributed by atoms with Crippen LogP contribution in [0.1, 0.15) is 86.4 Å². The molecule has 0 N–H and O–H groups in total. The number of aliphatic imine (C=N–C) groups is 1. The molecule has 3 heterocycles. The van der Waals surface area contributed by atoms with Crippen LogP contribution in [0.2, 0.25) is 5.02 Å². The van der Waals surface area contributed by atoms with Crippen LogP contribution < -0.4 is 0 Å². The first-order valence-corrected chi connectivity index (χ1v) is 14.3. The second kappa shape index (κ2) is 10.2. The molecular formula is C31H35ClN4S. The molecule has 0 radical (unpaired) electrons. The summed E-state index contributed by atoms with van der Waals surface area (Å²) in [6.07, 6.45) is 3.09. The van der Waals surface area contributed by atoms with Crippen LogP contribution in [0.4, 0.5) is 0 Å². The second-order valence-electron chi connectivity index (χ2n) is 11.4. The molecule has 2 aromatic carbocycles. The van der Waals surface area contributed by atoms with Crippen LogP contribution in [-0.4, -0.2) is 20.5 Å². The zero-order chi connectivity index (χ0) is 26.3. The first-order chi connectivity index (χ1) is 17.6. The molecule has 0 bridgehead atoms. The third kappa shape index (κ3) is 5.30. The van der Waals surface area contributed by atoms with Crippen molar-refractivity contribution in [2.75, 3.05) is 0 Å². The summed E-state index contributed by atoms with van der Waals surface area (Å²) in [6.45, 7) is 13.2. The molecule has 5 rings (SSSR count). The third-order valence-corrected chi connectivity index (χ3v) is 8.24. The predicted molar refractivity (Wildman–Crippen MR) is 156 cm³/mol. The van der Waals surface area contributed by atoms with Gasteiger partial charge in [-0.15, -0.1) is 21.5 Å². The average molecular weight is 531 g/mol. The fraction of sp³-hybridized carbons (Fsp3) is 0.387. The molecule has 1 aliphatic heterocycles. The number of rotatable bonds is 6. The number of fused-ring (bicyclic) bond motifs is 3. The maximum Gasteiger partial charge on any atom is 0.162 e. The summed E-state index contributed by atoms with van der Waals surface area (Å²) < 4.78 is 2.25. The summed E-state index contributed by atoms with van der Waals surface area (Å²) >= 11 is 8.52. The Kier molecular flexibility index (Phi) is 7.12. The quantitative estimate of drug-likeness (QED) is 0.252. The Morgan fingerprint density at radius 3 is 2.32 bits per heavy atom. The highest BCUT2D eigenvalue weighted by Gasteiger charge is 2.33. The summed E-state index contributed by atoms with van der Waals surface area (Å²) in [5.41, 5.74) is 5.61. The fourth-order valence-corrected chi connectivity index (χ4v) is 6.30. The van der Waals surface area contributed by atoms with Gasteiger partial charge < -0.3 is 0 Å². The van der Waals surface area contributed by atoms with Gasteiger partial charge in [-0.05, 0) is 55.4 Å². The molecule has 0 saturated heterocycles. The Balaban J connectivity index is 1.55. The molecule has 2 aromatic heterocycles. The van der Waals surface area contributed by atoms with Gasteiger partial charge in [0, 0.05) is 26.4 Å². The second-order valence-corrected chi connectivity index (χ2v) is 13.0. The van der Waals surface area contributed by atoms with Crippen LogP contribution in [-0.2, 0) is 24.7 Å². The first kappa shape index (κ1) is 25.9. The van der Waals surface area contributed by atoms with E-state index in [2.05, 4.69) is 92.7 Å². The number of aromatic nitrogens is 3. The van der Waals surface area contributed by atoms with Gasteiger partial charge in [0.25, 0.3) is 0 Å². The minimum Gasteiger partial charge on any atom is -0.273 e. The molecule has 6 heteroatoms. The van der Waals surface area contributed by atoms with Crippen molar-refractivity contribution in [3.05, 3.63) is 98.4 Å². The molecule has 1 aliphatic rings. The van der Waals surface area contributed by atoms with Gasteiger partial charge in [-0.1, -0.05) is 88.7 Å². The SMILES string of the molecule is CC(C)Cc1ccc(CCc2cc3c(s2)-n2c(nnc2C(C)(C)C)C(C)N=C3c2ccccc2Cl)cc1. The highest BCUT2D eigenvalue weighted by atomic mass is 35.5. The minimum atomic E-state index is -0.154. The lowest BCUT2D eigenvalue weighted by Gasteiger charge is -2.19. The van der Waals surface area contributed by atoms with E-state index in [4.69, 9.17) is 16.6 Å². The summed E-state index contributed by atoms with van der Waals surface area (Å²) in [5.74, 6) is 2.51. The zero-order valence-electron chi connectivity index (χ0n) is 22.5. The predicted octanol–water partition coefficient (Wildman–Crippen LogP) is 8.18. The number of hydrogen-bond donors (Lipinski definition) is 0. The molecule has 1 unspecified atom stereocenters. The Labute approximate surface area is 229 Å². The van der Waals surface area contributed by atoms with Gasteiger partial charge in [-0.3, -0.25) is 9.56 Å². The standard InChI is InChI=1S/C31H35ClN4S/c1-19(2)17-22-13-11-21(12-14-22)15-16-23-18-25-27(24-9-7-8-10-26(24)32)33-20(3)28-34-35-30(31(4,5)6)36(28)29(25)37-23/h7-14,18-20H,15-17H2,1-6H3. The van der Waals surface area contributed by atoms with Crippen LogP contribution in [0.5, 0.6) is 0 Å². The van der Waals surface area contributed by atoms with Gasteiger partial charge in [0.15, 0.2) is 5.82 Å². The average Bonchev–Trinajstić information content (AvgIpc) is 3.44. The number of benzene rings is 2. The Hall–Kier alpha value is -2.76. The smallest absolute Gasteiger partial charge is 0.162 e. The largest absolute Gasteiger partial charge is 0.273 e. The lowest BCUT2D eigenvalue weighted by Crippen LogP contribution is -2.19. The molecule has 0 spiro atoms. The van der Waals surface area contributed by atoms with E-state index < -0.39 is 0 Å². The molecule has 4 aromatic rings.